The minimum Gasteiger partial charge on any atom is -0.372 e. The van der Waals surface area contributed by atoms with E-state index in [9.17, 15) is 13.6 Å². The Morgan fingerprint density at radius 1 is 1.23 bits per heavy atom. The van der Waals surface area contributed by atoms with E-state index in [2.05, 4.69) is 10.6 Å². The van der Waals surface area contributed by atoms with Crippen LogP contribution in [0.15, 0.2) is 18.2 Å². The van der Waals surface area contributed by atoms with Crippen LogP contribution in [-0.2, 0) is 24.5 Å². The van der Waals surface area contributed by atoms with Crippen molar-refractivity contribution in [3.05, 3.63) is 34.9 Å². The summed E-state index contributed by atoms with van der Waals surface area (Å²) in [4.78, 5) is 11.8. The predicted molar refractivity (Wildman–Crippen MR) is 77.5 cm³/mol. The van der Waals surface area contributed by atoms with Crippen LogP contribution in [0.2, 0.25) is 0 Å². The highest BCUT2D eigenvalue weighted by atomic mass is 19.3. The van der Waals surface area contributed by atoms with Gasteiger partial charge in [0.1, 0.15) is 0 Å². The van der Waals surface area contributed by atoms with Gasteiger partial charge < -0.3 is 15.4 Å². The lowest BCUT2D eigenvalue weighted by Gasteiger charge is -2.28. The number of carbonyl (C=O) groups is 1. The number of nitrogens with one attached hydrogen (secondary N) is 2. The number of ether oxygens (including phenoxy) is 1. The molecule has 0 atom stereocenters. The molecule has 0 bridgehead atoms. The molecule has 22 heavy (non-hydrogen) atoms. The van der Waals surface area contributed by atoms with Gasteiger partial charge >= 0.3 is 6.03 Å². The van der Waals surface area contributed by atoms with E-state index >= 15 is 0 Å². The first-order valence-electron chi connectivity index (χ1n) is 7.62. The number of rotatable bonds is 3. The first kappa shape index (κ1) is 15.2. The number of benzene rings is 1. The molecule has 0 saturated heterocycles. The van der Waals surface area contributed by atoms with Gasteiger partial charge in [-0.3, -0.25) is 0 Å². The molecule has 1 fully saturated rings. The summed E-state index contributed by atoms with van der Waals surface area (Å²) in [5.74, 6) is -2.57. The van der Waals surface area contributed by atoms with Crippen LogP contribution in [0.1, 0.15) is 42.4 Å². The van der Waals surface area contributed by atoms with E-state index in [-0.39, 0.29) is 24.9 Å². The van der Waals surface area contributed by atoms with Crippen molar-refractivity contribution in [3.63, 3.8) is 0 Å². The lowest BCUT2D eigenvalue weighted by molar-refractivity contribution is -0.0395. The van der Waals surface area contributed by atoms with Crippen LogP contribution in [0.3, 0.4) is 0 Å². The molecule has 0 unspecified atom stereocenters. The molecule has 0 radical (unpaired) electrons. The quantitative estimate of drug-likeness (QED) is 0.901. The van der Waals surface area contributed by atoms with Gasteiger partial charge in [-0.05, 0) is 29.5 Å². The Hall–Kier alpha value is -1.69. The molecule has 1 aliphatic heterocycles. The summed E-state index contributed by atoms with van der Waals surface area (Å²) >= 11 is 0. The summed E-state index contributed by atoms with van der Waals surface area (Å²) in [6.45, 7) is 1.68. The standard InChI is InChI=1S/C16H20F2N2O2/c17-16(18)5-3-14(4-6-16)20-15(21)19-8-11-1-2-12-9-22-10-13(12)7-11/h1-2,7,14H,3-6,8-10H2,(H2,19,20,21). The summed E-state index contributed by atoms with van der Waals surface area (Å²) < 4.78 is 31.5. The Labute approximate surface area is 128 Å². The highest BCUT2D eigenvalue weighted by molar-refractivity contribution is 5.74. The second kappa shape index (κ2) is 6.20. The van der Waals surface area contributed by atoms with Gasteiger partial charge in [-0.2, -0.15) is 0 Å². The molecule has 3 rings (SSSR count). The Balaban J connectivity index is 1.45. The van der Waals surface area contributed by atoms with E-state index in [1.54, 1.807) is 0 Å². The van der Waals surface area contributed by atoms with Crippen molar-refractivity contribution in [1.82, 2.24) is 10.6 Å². The molecule has 6 heteroatoms. The summed E-state index contributed by atoms with van der Waals surface area (Å²) in [5, 5.41) is 5.55. The Morgan fingerprint density at radius 3 is 2.73 bits per heavy atom. The number of carbonyl (C=O) groups excluding carboxylic acids is 1. The summed E-state index contributed by atoms with van der Waals surface area (Å²) in [5.41, 5.74) is 3.36. The van der Waals surface area contributed by atoms with Crippen molar-refractivity contribution >= 4 is 6.03 Å². The monoisotopic (exact) mass is 310 g/mol. The number of alkyl halides is 2. The molecule has 1 heterocycles. The number of halogens is 2. The number of hydrogen-bond donors (Lipinski definition) is 2. The highest BCUT2D eigenvalue weighted by Crippen LogP contribution is 2.32. The molecule has 1 saturated carbocycles. The lowest BCUT2D eigenvalue weighted by atomic mass is 9.92. The van der Waals surface area contributed by atoms with Crippen molar-refractivity contribution in [2.45, 2.75) is 57.4 Å². The highest BCUT2D eigenvalue weighted by Gasteiger charge is 2.35. The average molecular weight is 310 g/mol. The smallest absolute Gasteiger partial charge is 0.315 e. The second-order valence-electron chi connectivity index (χ2n) is 6.05. The molecule has 0 spiro atoms. The molecule has 1 aromatic rings. The molecule has 4 nitrogen and oxygen atoms in total. The van der Waals surface area contributed by atoms with E-state index < -0.39 is 5.92 Å². The zero-order valence-electron chi connectivity index (χ0n) is 12.3. The van der Waals surface area contributed by atoms with E-state index in [1.807, 2.05) is 18.2 Å². The Bertz CT molecular complexity index is 553. The first-order valence-corrected chi connectivity index (χ1v) is 7.62. The van der Waals surface area contributed by atoms with Gasteiger partial charge in [-0.25, -0.2) is 13.6 Å². The fraction of sp³-hybridized carbons (Fsp3) is 0.562. The summed E-state index contributed by atoms with van der Waals surface area (Å²) in [7, 11) is 0. The number of fused-ring (bicyclic) bond motifs is 1. The van der Waals surface area contributed by atoms with Crippen LogP contribution in [0.25, 0.3) is 0 Å². The van der Waals surface area contributed by atoms with Crippen molar-refractivity contribution < 1.29 is 18.3 Å². The fourth-order valence-corrected chi connectivity index (χ4v) is 2.94. The van der Waals surface area contributed by atoms with E-state index in [0.717, 1.165) is 11.1 Å². The van der Waals surface area contributed by atoms with Gasteiger partial charge in [0.2, 0.25) is 5.92 Å². The molecule has 2 N–H and O–H groups in total. The van der Waals surface area contributed by atoms with Crippen molar-refractivity contribution in [2.24, 2.45) is 0 Å². The van der Waals surface area contributed by atoms with E-state index in [0.29, 0.717) is 32.6 Å². The zero-order valence-corrected chi connectivity index (χ0v) is 12.3. The first-order chi connectivity index (χ1) is 10.5. The normalized spacial score (nSPS) is 20.5. The van der Waals surface area contributed by atoms with Crippen molar-refractivity contribution in [3.8, 4) is 0 Å². The number of hydrogen-bond acceptors (Lipinski definition) is 2. The van der Waals surface area contributed by atoms with E-state index in [1.165, 1.54) is 5.56 Å². The zero-order chi connectivity index (χ0) is 15.6. The topological polar surface area (TPSA) is 50.4 Å². The molecular formula is C16H20F2N2O2. The largest absolute Gasteiger partial charge is 0.372 e. The van der Waals surface area contributed by atoms with Crippen LogP contribution in [0, 0.1) is 0 Å². The minimum absolute atomic E-state index is 0.150. The van der Waals surface area contributed by atoms with Gasteiger partial charge in [-0.15, -0.1) is 0 Å². The molecule has 120 valence electrons. The van der Waals surface area contributed by atoms with Gasteiger partial charge in [0.25, 0.3) is 0 Å². The number of amides is 2. The van der Waals surface area contributed by atoms with Crippen LogP contribution in [-0.4, -0.2) is 18.0 Å². The maximum atomic E-state index is 13.1. The fourth-order valence-electron chi connectivity index (χ4n) is 2.94. The Morgan fingerprint density at radius 2 is 1.95 bits per heavy atom. The van der Waals surface area contributed by atoms with Gasteiger partial charge in [-0.1, -0.05) is 18.2 Å². The van der Waals surface area contributed by atoms with Crippen molar-refractivity contribution in [2.75, 3.05) is 0 Å². The molecule has 1 aromatic carbocycles. The van der Waals surface area contributed by atoms with Gasteiger partial charge in [0, 0.05) is 25.4 Å². The third-order valence-electron chi connectivity index (χ3n) is 4.29. The molecule has 1 aliphatic carbocycles. The third kappa shape index (κ3) is 3.74. The van der Waals surface area contributed by atoms with Gasteiger partial charge in [0.15, 0.2) is 0 Å². The predicted octanol–water partition coefficient (Wildman–Crippen LogP) is 3.09. The van der Waals surface area contributed by atoms with Gasteiger partial charge in [0.05, 0.1) is 13.2 Å². The van der Waals surface area contributed by atoms with Crippen LogP contribution >= 0.6 is 0 Å². The minimum atomic E-state index is -2.57. The molecule has 2 aliphatic rings. The number of urea groups is 1. The molecular weight excluding hydrogens is 290 g/mol. The lowest BCUT2D eigenvalue weighted by Crippen LogP contribution is -2.44. The maximum absolute atomic E-state index is 13.1. The SMILES string of the molecule is O=C(NCc1ccc2c(c1)COC2)NC1CCC(F)(F)CC1. The second-order valence-corrected chi connectivity index (χ2v) is 6.05. The van der Waals surface area contributed by atoms with Crippen LogP contribution in [0.4, 0.5) is 13.6 Å². The molecule has 0 aromatic heterocycles. The summed E-state index contributed by atoms with van der Waals surface area (Å²) in [6, 6.07) is 5.55. The summed E-state index contributed by atoms with van der Waals surface area (Å²) in [6.07, 6.45) is 0.360. The molecule has 2 amide bonds. The van der Waals surface area contributed by atoms with Crippen LogP contribution in [0.5, 0.6) is 0 Å². The maximum Gasteiger partial charge on any atom is 0.315 e. The Kier molecular flexibility index (Phi) is 4.29. The van der Waals surface area contributed by atoms with E-state index in [4.69, 9.17) is 4.74 Å². The van der Waals surface area contributed by atoms with Crippen LogP contribution < -0.4 is 10.6 Å². The third-order valence-corrected chi connectivity index (χ3v) is 4.29. The average Bonchev–Trinajstić information content (AvgIpc) is 2.95. The van der Waals surface area contributed by atoms with Crippen molar-refractivity contribution in [1.29, 1.82) is 0 Å².